The SMILES string of the molecule is CCNC(=NCC(C)CN1CCOCC1)NC1CCN(C(=O)OC)CC1.I. The molecule has 0 aromatic heterocycles. The molecule has 0 aromatic carbocycles. The highest BCUT2D eigenvalue weighted by Crippen LogP contribution is 2.11. The second-order valence-electron chi connectivity index (χ2n) is 7.11. The first-order valence-corrected chi connectivity index (χ1v) is 9.80. The molecule has 8 nitrogen and oxygen atoms in total. The van der Waals surface area contributed by atoms with Gasteiger partial charge in [-0.15, -0.1) is 24.0 Å². The number of hydrogen-bond acceptors (Lipinski definition) is 5. The second kappa shape index (κ2) is 13.4. The number of morpholine rings is 1. The minimum absolute atomic E-state index is 0. The molecule has 1 amide bonds. The predicted molar refractivity (Wildman–Crippen MR) is 118 cm³/mol. The molecule has 2 heterocycles. The van der Waals surface area contributed by atoms with Gasteiger partial charge in [0.15, 0.2) is 5.96 Å². The van der Waals surface area contributed by atoms with Crippen LogP contribution in [0.15, 0.2) is 4.99 Å². The number of rotatable bonds is 6. The van der Waals surface area contributed by atoms with Gasteiger partial charge in [-0.3, -0.25) is 9.89 Å². The number of likely N-dealkylation sites (tertiary alicyclic amines) is 1. The van der Waals surface area contributed by atoms with Crippen LogP contribution in [0.4, 0.5) is 4.79 Å². The van der Waals surface area contributed by atoms with Gasteiger partial charge in [-0.05, 0) is 25.7 Å². The Kier molecular flexibility index (Phi) is 12.0. The average molecular weight is 497 g/mol. The normalized spacial score (nSPS) is 20.6. The summed E-state index contributed by atoms with van der Waals surface area (Å²) in [5.41, 5.74) is 0. The van der Waals surface area contributed by atoms with E-state index in [1.807, 2.05) is 0 Å². The summed E-state index contributed by atoms with van der Waals surface area (Å²) < 4.78 is 10.2. The Morgan fingerprint density at radius 1 is 1.26 bits per heavy atom. The zero-order valence-electron chi connectivity index (χ0n) is 16.9. The van der Waals surface area contributed by atoms with E-state index in [-0.39, 0.29) is 30.1 Å². The first-order chi connectivity index (χ1) is 12.6. The number of carbonyl (C=O) groups excluding carboxylic acids is 1. The van der Waals surface area contributed by atoms with Gasteiger partial charge in [0.25, 0.3) is 0 Å². The van der Waals surface area contributed by atoms with Crippen LogP contribution in [0.25, 0.3) is 0 Å². The number of nitrogens with zero attached hydrogens (tertiary/aromatic N) is 3. The Hall–Kier alpha value is -0.810. The van der Waals surface area contributed by atoms with Gasteiger partial charge >= 0.3 is 6.09 Å². The van der Waals surface area contributed by atoms with Crippen molar-refractivity contribution < 1.29 is 14.3 Å². The van der Waals surface area contributed by atoms with E-state index in [1.165, 1.54) is 7.11 Å². The Bertz CT molecular complexity index is 452. The number of ether oxygens (including phenoxy) is 2. The summed E-state index contributed by atoms with van der Waals surface area (Å²) in [7, 11) is 1.43. The van der Waals surface area contributed by atoms with Crippen LogP contribution in [0.3, 0.4) is 0 Å². The van der Waals surface area contributed by atoms with Gasteiger partial charge in [0, 0.05) is 51.9 Å². The molecule has 0 saturated carbocycles. The van der Waals surface area contributed by atoms with Crippen LogP contribution in [0.1, 0.15) is 26.7 Å². The number of nitrogens with one attached hydrogen (secondary N) is 2. The maximum atomic E-state index is 11.6. The minimum Gasteiger partial charge on any atom is -0.453 e. The maximum absolute atomic E-state index is 11.6. The third-order valence-electron chi connectivity index (χ3n) is 4.85. The van der Waals surface area contributed by atoms with Gasteiger partial charge in [0.1, 0.15) is 0 Å². The molecule has 1 unspecified atom stereocenters. The Morgan fingerprint density at radius 2 is 1.93 bits per heavy atom. The Balaban J connectivity index is 0.00000364. The van der Waals surface area contributed by atoms with Gasteiger partial charge in [-0.2, -0.15) is 0 Å². The van der Waals surface area contributed by atoms with Gasteiger partial charge in [-0.1, -0.05) is 6.92 Å². The molecule has 27 heavy (non-hydrogen) atoms. The highest BCUT2D eigenvalue weighted by Gasteiger charge is 2.23. The van der Waals surface area contributed by atoms with Crippen molar-refractivity contribution in [1.82, 2.24) is 20.4 Å². The molecule has 9 heteroatoms. The van der Waals surface area contributed by atoms with E-state index >= 15 is 0 Å². The number of piperidine rings is 1. The standard InChI is InChI=1S/C18H35N5O3.HI/c1-4-19-17(20-13-15(2)14-22-9-11-26-12-10-22)21-16-5-7-23(8-6-16)18(24)25-3;/h15-16H,4-14H2,1-3H3,(H2,19,20,21);1H. The van der Waals surface area contributed by atoms with Crippen molar-refractivity contribution in [2.45, 2.75) is 32.7 Å². The summed E-state index contributed by atoms with van der Waals surface area (Å²) in [6.45, 7) is 12.2. The summed E-state index contributed by atoms with van der Waals surface area (Å²) in [5.74, 6) is 1.38. The summed E-state index contributed by atoms with van der Waals surface area (Å²) in [6, 6.07) is 0.336. The fourth-order valence-electron chi connectivity index (χ4n) is 3.38. The lowest BCUT2D eigenvalue weighted by atomic mass is 10.1. The summed E-state index contributed by atoms with van der Waals surface area (Å²) in [5, 5.41) is 6.85. The number of carbonyl (C=O) groups is 1. The topological polar surface area (TPSA) is 78.4 Å². The monoisotopic (exact) mass is 497 g/mol. The number of guanidine groups is 1. The molecular weight excluding hydrogens is 461 g/mol. The second-order valence-corrected chi connectivity index (χ2v) is 7.11. The molecule has 0 aromatic rings. The van der Waals surface area contributed by atoms with Gasteiger partial charge in [-0.25, -0.2) is 4.79 Å². The quantitative estimate of drug-likeness (QED) is 0.328. The van der Waals surface area contributed by atoms with Crippen molar-refractivity contribution in [3.8, 4) is 0 Å². The van der Waals surface area contributed by atoms with E-state index < -0.39 is 0 Å². The molecule has 2 rings (SSSR count). The zero-order valence-corrected chi connectivity index (χ0v) is 19.2. The van der Waals surface area contributed by atoms with Gasteiger partial charge in [0.05, 0.1) is 20.3 Å². The van der Waals surface area contributed by atoms with E-state index in [4.69, 9.17) is 14.5 Å². The lowest BCUT2D eigenvalue weighted by Gasteiger charge is -2.32. The number of amides is 1. The van der Waals surface area contributed by atoms with E-state index in [0.717, 1.165) is 77.8 Å². The Labute approximate surface area is 180 Å². The van der Waals surface area contributed by atoms with E-state index in [9.17, 15) is 4.79 Å². The van der Waals surface area contributed by atoms with Crippen LogP contribution in [-0.2, 0) is 9.47 Å². The number of halogens is 1. The minimum atomic E-state index is -0.235. The number of methoxy groups -OCH3 is 1. The van der Waals surface area contributed by atoms with Crippen molar-refractivity contribution in [3.05, 3.63) is 0 Å². The molecule has 2 saturated heterocycles. The van der Waals surface area contributed by atoms with Crippen molar-refractivity contribution in [2.24, 2.45) is 10.9 Å². The molecule has 0 bridgehead atoms. The fourth-order valence-corrected chi connectivity index (χ4v) is 3.38. The third-order valence-corrected chi connectivity index (χ3v) is 4.85. The fraction of sp³-hybridized carbons (Fsp3) is 0.889. The van der Waals surface area contributed by atoms with Crippen LogP contribution in [0.5, 0.6) is 0 Å². The third kappa shape index (κ3) is 8.82. The zero-order chi connectivity index (χ0) is 18.8. The molecule has 1 atom stereocenters. The van der Waals surface area contributed by atoms with Crippen LogP contribution >= 0.6 is 24.0 Å². The molecule has 0 aliphatic carbocycles. The van der Waals surface area contributed by atoms with Crippen LogP contribution in [0.2, 0.25) is 0 Å². The van der Waals surface area contributed by atoms with E-state index in [2.05, 4.69) is 29.4 Å². The molecule has 2 fully saturated rings. The molecule has 2 aliphatic rings. The molecule has 158 valence electrons. The summed E-state index contributed by atoms with van der Waals surface area (Å²) >= 11 is 0. The maximum Gasteiger partial charge on any atom is 0.409 e. The predicted octanol–water partition coefficient (Wildman–Crippen LogP) is 1.36. The smallest absolute Gasteiger partial charge is 0.409 e. The van der Waals surface area contributed by atoms with E-state index in [1.54, 1.807) is 4.90 Å². The molecule has 2 aliphatic heterocycles. The van der Waals surface area contributed by atoms with Crippen molar-refractivity contribution >= 4 is 36.0 Å². The van der Waals surface area contributed by atoms with Crippen LogP contribution < -0.4 is 10.6 Å². The van der Waals surface area contributed by atoms with Crippen molar-refractivity contribution in [3.63, 3.8) is 0 Å². The highest BCUT2D eigenvalue weighted by atomic mass is 127. The van der Waals surface area contributed by atoms with Crippen LogP contribution in [0, 0.1) is 5.92 Å². The first-order valence-electron chi connectivity index (χ1n) is 9.80. The lowest BCUT2D eigenvalue weighted by Crippen LogP contribution is -2.50. The first kappa shape index (κ1) is 24.2. The molecular formula is C18H36IN5O3. The average Bonchev–Trinajstić information content (AvgIpc) is 2.67. The van der Waals surface area contributed by atoms with Crippen molar-refractivity contribution in [2.75, 3.05) is 66.1 Å². The summed E-state index contributed by atoms with van der Waals surface area (Å²) in [6.07, 6.45) is 1.58. The highest BCUT2D eigenvalue weighted by molar-refractivity contribution is 14.0. The van der Waals surface area contributed by atoms with Gasteiger partial charge < -0.3 is 25.0 Å². The Morgan fingerprint density at radius 3 is 2.52 bits per heavy atom. The van der Waals surface area contributed by atoms with Crippen LogP contribution in [-0.4, -0.2) is 94.0 Å². The van der Waals surface area contributed by atoms with Gasteiger partial charge in [0.2, 0.25) is 0 Å². The van der Waals surface area contributed by atoms with E-state index in [0.29, 0.717) is 12.0 Å². The number of hydrogen-bond donors (Lipinski definition) is 2. The molecule has 0 spiro atoms. The molecule has 2 N–H and O–H groups in total. The summed E-state index contributed by atoms with van der Waals surface area (Å²) in [4.78, 5) is 20.6. The lowest BCUT2D eigenvalue weighted by molar-refractivity contribution is 0.0323. The van der Waals surface area contributed by atoms with Crippen molar-refractivity contribution in [1.29, 1.82) is 0 Å². The number of aliphatic imine (C=N–C) groups is 1. The molecule has 0 radical (unpaired) electrons. The largest absolute Gasteiger partial charge is 0.453 e.